The lowest BCUT2D eigenvalue weighted by atomic mass is 10.3. The van der Waals surface area contributed by atoms with Gasteiger partial charge in [0, 0.05) is 5.69 Å². The largest absolute Gasteiger partial charge is 0.296 e. The summed E-state index contributed by atoms with van der Waals surface area (Å²) in [7, 11) is -3.73. The first kappa shape index (κ1) is 10.6. The summed E-state index contributed by atoms with van der Waals surface area (Å²) < 4.78 is 23.7. The first-order valence-electron chi connectivity index (χ1n) is 4.32. The number of anilines is 1. The van der Waals surface area contributed by atoms with Gasteiger partial charge < -0.3 is 0 Å². The average molecular weight is 239 g/mol. The maximum atomic E-state index is 10.8. The van der Waals surface area contributed by atoms with E-state index in [-0.39, 0.29) is 0 Å². The Labute approximate surface area is 92.1 Å². The fraction of sp³-hybridized carbons (Fsp3) is 0. The molecule has 2 aromatic rings. The van der Waals surface area contributed by atoms with Gasteiger partial charge in [-0.05, 0) is 24.3 Å². The van der Waals surface area contributed by atoms with Crippen molar-refractivity contribution in [1.82, 2.24) is 15.0 Å². The van der Waals surface area contributed by atoms with Crippen molar-refractivity contribution < 1.29 is 8.42 Å². The molecule has 0 aliphatic carbocycles. The van der Waals surface area contributed by atoms with Crippen molar-refractivity contribution in [3.05, 3.63) is 36.7 Å². The fourth-order valence-corrected chi connectivity index (χ4v) is 1.64. The second-order valence-corrected chi connectivity index (χ2v) is 4.31. The Morgan fingerprint density at radius 1 is 1.12 bits per heavy atom. The minimum Gasteiger partial charge on any atom is -0.271 e. The number of hydrogen-bond donors (Lipinski definition) is 2. The van der Waals surface area contributed by atoms with Gasteiger partial charge in [0.05, 0.1) is 18.1 Å². The number of nitrogens with zero attached hydrogens (tertiary/aromatic N) is 3. The molecule has 3 N–H and O–H groups in total. The predicted molar refractivity (Wildman–Crippen MR) is 58.1 cm³/mol. The van der Waals surface area contributed by atoms with Gasteiger partial charge in [0.15, 0.2) is 0 Å². The van der Waals surface area contributed by atoms with Crippen molar-refractivity contribution in [2.24, 2.45) is 5.14 Å². The molecule has 0 radical (unpaired) electrons. The maximum absolute atomic E-state index is 10.8. The van der Waals surface area contributed by atoms with Crippen LogP contribution in [-0.4, -0.2) is 23.4 Å². The molecule has 7 nitrogen and oxygen atoms in total. The Bertz CT molecular complexity index is 561. The number of hydrogen-bond acceptors (Lipinski definition) is 4. The van der Waals surface area contributed by atoms with Crippen molar-refractivity contribution >= 4 is 15.9 Å². The highest BCUT2D eigenvalue weighted by atomic mass is 32.2. The highest BCUT2D eigenvalue weighted by Crippen LogP contribution is 2.11. The van der Waals surface area contributed by atoms with E-state index in [9.17, 15) is 8.42 Å². The van der Waals surface area contributed by atoms with Gasteiger partial charge in [-0.1, -0.05) is 0 Å². The molecule has 16 heavy (non-hydrogen) atoms. The van der Waals surface area contributed by atoms with Crippen LogP contribution in [0, 0.1) is 0 Å². The molecule has 0 atom stereocenters. The van der Waals surface area contributed by atoms with Crippen LogP contribution in [0.4, 0.5) is 5.69 Å². The van der Waals surface area contributed by atoms with E-state index in [1.54, 1.807) is 36.7 Å². The molecule has 8 heteroatoms. The summed E-state index contributed by atoms with van der Waals surface area (Å²) in [5.74, 6) is 0. The third-order valence-corrected chi connectivity index (χ3v) is 2.30. The summed E-state index contributed by atoms with van der Waals surface area (Å²) in [5.41, 5.74) is 1.11. The Morgan fingerprint density at radius 3 is 2.19 bits per heavy atom. The number of rotatable bonds is 3. The highest BCUT2D eigenvalue weighted by molar-refractivity contribution is 7.90. The fourth-order valence-electron chi connectivity index (χ4n) is 1.18. The summed E-state index contributed by atoms with van der Waals surface area (Å²) in [4.78, 5) is 1.42. The Hall–Kier alpha value is -1.93. The zero-order valence-corrected chi connectivity index (χ0v) is 8.92. The Morgan fingerprint density at radius 2 is 1.69 bits per heavy atom. The van der Waals surface area contributed by atoms with E-state index < -0.39 is 10.2 Å². The van der Waals surface area contributed by atoms with Gasteiger partial charge >= 0.3 is 0 Å². The van der Waals surface area contributed by atoms with Gasteiger partial charge in [-0.15, -0.1) is 0 Å². The molecule has 0 fully saturated rings. The molecule has 0 amide bonds. The van der Waals surface area contributed by atoms with Crippen molar-refractivity contribution in [1.29, 1.82) is 0 Å². The highest BCUT2D eigenvalue weighted by Gasteiger charge is 2.02. The SMILES string of the molecule is NS(=O)(=O)Nc1ccc(-n2nccn2)cc1. The minimum atomic E-state index is -3.73. The normalized spacial score (nSPS) is 11.3. The number of aromatic nitrogens is 3. The quantitative estimate of drug-likeness (QED) is 0.779. The minimum absolute atomic E-state index is 0.387. The maximum Gasteiger partial charge on any atom is 0.296 e. The summed E-state index contributed by atoms with van der Waals surface area (Å²) in [5, 5.41) is 12.7. The summed E-state index contributed by atoms with van der Waals surface area (Å²) >= 11 is 0. The van der Waals surface area contributed by atoms with Gasteiger partial charge in [0.1, 0.15) is 0 Å². The van der Waals surface area contributed by atoms with Crippen LogP contribution in [0.1, 0.15) is 0 Å². The molecular formula is C8H9N5O2S. The van der Waals surface area contributed by atoms with Crippen molar-refractivity contribution in [3.63, 3.8) is 0 Å². The summed E-state index contributed by atoms with van der Waals surface area (Å²) in [6, 6.07) is 6.49. The number of nitrogens with two attached hydrogens (primary N) is 1. The first-order valence-corrected chi connectivity index (χ1v) is 5.86. The molecule has 1 aromatic heterocycles. The number of nitrogens with one attached hydrogen (secondary N) is 1. The Balaban J connectivity index is 2.24. The molecular weight excluding hydrogens is 230 g/mol. The van der Waals surface area contributed by atoms with E-state index in [1.165, 1.54) is 4.80 Å². The average Bonchev–Trinajstić information content (AvgIpc) is 2.69. The van der Waals surface area contributed by atoms with Crippen molar-refractivity contribution in [2.75, 3.05) is 4.72 Å². The summed E-state index contributed by atoms with van der Waals surface area (Å²) in [6.07, 6.45) is 3.10. The van der Waals surface area contributed by atoms with E-state index in [2.05, 4.69) is 14.9 Å². The standard InChI is InChI=1S/C8H9N5O2S/c9-16(14,15)12-7-1-3-8(4-2-7)13-10-5-6-11-13/h1-6,12H,(H2,9,14,15). The molecule has 1 aromatic carbocycles. The molecule has 0 bridgehead atoms. The third-order valence-electron chi connectivity index (χ3n) is 1.78. The van der Waals surface area contributed by atoms with Crippen LogP contribution in [0.2, 0.25) is 0 Å². The smallest absolute Gasteiger partial charge is 0.271 e. The Kier molecular flexibility index (Phi) is 2.59. The topological polar surface area (TPSA) is 103 Å². The second-order valence-electron chi connectivity index (χ2n) is 3.01. The molecule has 0 saturated heterocycles. The van der Waals surface area contributed by atoms with Gasteiger partial charge in [0.2, 0.25) is 0 Å². The van der Waals surface area contributed by atoms with Crippen LogP contribution in [0.3, 0.4) is 0 Å². The van der Waals surface area contributed by atoms with E-state index in [0.717, 1.165) is 5.69 Å². The van der Waals surface area contributed by atoms with Gasteiger partial charge in [-0.3, -0.25) is 4.72 Å². The first-order chi connectivity index (χ1) is 7.54. The van der Waals surface area contributed by atoms with Crippen molar-refractivity contribution in [2.45, 2.75) is 0 Å². The van der Waals surface area contributed by atoms with E-state index in [4.69, 9.17) is 5.14 Å². The lowest BCUT2D eigenvalue weighted by Crippen LogP contribution is -2.21. The second kappa shape index (κ2) is 3.91. The lowest BCUT2D eigenvalue weighted by Gasteiger charge is -2.04. The van der Waals surface area contributed by atoms with Gasteiger partial charge in [-0.2, -0.15) is 23.4 Å². The lowest BCUT2D eigenvalue weighted by molar-refractivity contribution is 0.603. The molecule has 0 unspecified atom stereocenters. The van der Waals surface area contributed by atoms with E-state index in [0.29, 0.717) is 5.69 Å². The van der Waals surface area contributed by atoms with Crippen LogP contribution in [0.5, 0.6) is 0 Å². The van der Waals surface area contributed by atoms with Crippen LogP contribution in [0.25, 0.3) is 5.69 Å². The van der Waals surface area contributed by atoms with Crippen LogP contribution >= 0.6 is 0 Å². The molecule has 0 spiro atoms. The third kappa shape index (κ3) is 2.55. The van der Waals surface area contributed by atoms with Crippen LogP contribution in [0.15, 0.2) is 36.7 Å². The molecule has 0 aliphatic rings. The van der Waals surface area contributed by atoms with Crippen LogP contribution < -0.4 is 9.86 Å². The molecule has 0 saturated carbocycles. The van der Waals surface area contributed by atoms with Crippen LogP contribution in [-0.2, 0) is 10.2 Å². The summed E-state index contributed by atoms with van der Waals surface area (Å²) in [6.45, 7) is 0. The number of benzene rings is 1. The van der Waals surface area contributed by atoms with Crippen molar-refractivity contribution in [3.8, 4) is 5.69 Å². The monoisotopic (exact) mass is 239 g/mol. The molecule has 0 aliphatic heterocycles. The predicted octanol–water partition coefficient (Wildman–Crippen LogP) is -0.117. The van der Waals surface area contributed by atoms with E-state index >= 15 is 0 Å². The zero-order chi connectivity index (χ0) is 11.6. The zero-order valence-electron chi connectivity index (χ0n) is 8.11. The molecule has 84 valence electrons. The van der Waals surface area contributed by atoms with Gasteiger partial charge in [-0.25, -0.2) is 5.14 Å². The van der Waals surface area contributed by atoms with E-state index in [1.807, 2.05) is 0 Å². The van der Waals surface area contributed by atoms with Gasteiger partial charge in [0.25, 0.3) is 10.2 Å². The molecule has 2 rings (SSSR count). The molecule has 1 heterocycles.